The van der Waals surface area contributed by atoms with Gasteiger partial charge in [-0.25, -0.2) is 4.79 Å². The van der Waals surface area contributed by atoms with Crippen molar-refractivity contribution in [1.29, 1.82) is 0 Å². The molecule has 0 aromatic carbocycles. The van der Waals surface area contributed by atoms with Crippen molar-refractivity contribution in [3.05, 3.63) is 24.3 Å². The van der Waals surface area contributed by atoms with Gasteiger partial charge < -0.3 is 4.74 Å². The standard InChI is InChI=1S/C9H10O2/c1-3-4-5-6-7-8-9(10)11-2/h3-4,7-8H,1-2H3. The Hall–Kier alpha value is -1.49. The fourth-order valence-corrected chi connectivity index (χ4v) is 0.357. The van der Waals surface area contributed by atoms with E-state index in [9.17, 15) is 4.79 Å². The summed E-state index contributed by atoms with van der Waals surface area (Å²) in [5.41, 5.74) is 0. The Kier molecular flexibility index (Phi) is 5.73. The third-order valence-corrected chi connectivity index (χ3v) is 0.837. The third-order valence-electron chi connectivity index (χ3n) is 0.837. The number of allylic oxidation sites excluding steroid dienone is 3. The number of carbonyl (C=O) groups excluding carboxylic acids is 1. The van der Waals surface area contributed by atoms with Gasteiger partial charge in [0.05, 0.1) is 7.11 Å². The van der Waals surface area contributed by atoms with Gasteiger partial charge in [0.15, 0.2) is 0 Å². The molecule has 0 fully saturated rings. The van der Waals surface area contributed by atoms with Gasteiger partial charge in [0.25, 0.3) is 0 Å². The predicted molar refractivity (Wildman–Crippen MR) is 43.7 cm³/mol. The summed E-state index contributed by atoms with van der Waals surface area (Å²) in [6.07, 6.45) is 6.24. The molecule has 0 bridgehead atoms. The van der Waals surface area contributed by atoms with Crippen molar-refractivity contribution in [2.45, 2.75) is 6.92 Å². The molecule has 0 rings (SSSR count). The lowest BCUT2D eigenvalue weighted by Gasteiger charge is -1.84. The molecule has 0 N–H and O–H groups in total. The van der Waals surface area contributed by atoms with E-state index >= 15 is 0 Å². The van der Waals surface area contributed by atoms with Crippen LogP contribution in [0.1, 0.15) is 6.92 Å². The molecule has 58 valence electrons. The highest BCUT2D eigenvalue weighted by molar-refractivity contribution is 5.82. The van der Waals surface area contributed by atoms with E-state index in [0.29, 0.717) is 0 Å². The molecule has 0 saturated carbocycles. The molecule has 2 nitrogen and oxygen atoms in total. The van der Waals surface area contributed by atoms with Crippen LogP contribution in [-0.4, -0.2) is 13.1 Å². The maximum absolute atomic E-state index is 10.4. The van der Waals surface area contributed by atoms with Crippen LogP contribution in [0.2, 0.25) is 0 Å². The third kappa shape index (κ3) is 6.39. The monoisotopic (exact) mass is 150 g/mol. The first-order chi connectivity index (χ1) is 5.31. The molecule has 0 aromatic rings. The van der Waals surface area contributed by atoms with E-state index in [-0.39, 0.29) is 5.97 Å². The molecule has 0 radical (unpaired) electrons. The van der Waals surface area contributed by atoms with Gasteiger partial charge in [0, 0.05) is 6.08 Å². The Morgan fingerprint density at radius 1 is 1.36 bits per heavy atom. The number of esters is 1. The first-order valence-corrected chi connectivity index (χ1v) is 3.18. The molecule has 0 aromatic heterocycles. The van der Waals surface area contributed by atoms with E-state index in [1.807, 2.05) is 13.0 Å². The van der Waals surface area contributed by atoms with Crippen molar-refractivity contribution in [1.82, 2.24) is 0 Å². The van der Waals surface area contributed by atoms with E-state index < -0.39 is 0 Å². The minimum absolute atomic E-state index is 0.389. The topological polar surface area (TPSA) is 26.3 Å². The lowest BCUT2D eigenvalue weighted by molar-refractivity contribution is -0.134. The normalized spacial score (nSPS) is 9.64. The second kappa shape index (κ2) is 6.63. The van der Waals surface area contributed by atoms with Gasteiger partial charge in [0.2, 0.25) is 0 Å². The lowest BCUT2D eigenvalue weighted by atomic mass is 10.4. The first-order valence-electron chi connectivity index (χ1n) is 3.18. The summed E-state index contributed by atoms with van der Waals surface area (Å²) >= 11 is 0. The second-order valence-electron chi connectivity index (χ2n) is 1.65. The van der Waals surface area contributed by atoms with Crippen molar-refractivity contribution in [2.75, 3.05) is 7.11 Å². The van der Waals surface area contributed by atoms with Gasteiger partial charge in [-0.15, -0.1) is 0 Å². The Morgan fingerprint density at radius 2 is 2.00 bits per heavy atom. The quantitative estimate of drug-likeness (QED) is 0.320. The molecular formula is C9H10O2. The number of methoxy groups -OCH3 is 1. The van der Waals surface area contributed by atoms with E-state index in [4.69, 9.17) is 0 Å². The molecule has 2 heteroatoms. The average molecular weight is 150 g/mol. The number of rotatable bonds is 1. The predicted octanol–water partition coefficient (Wildman–Crippen LogP) is 1.30. The van der Waals surface area contributed by atoms with Gasteiger partial charge in [-0.2, -0.15) is 0 Å². The van der Waals surface area contributed by atoms with E-state index in [2.05, 4.69) is 16.6 Å². The summed E-state index contributed by atoms with van der Waals surface area (Å²) in [6.45, 7) is 1.87. The molecule has 0 saturated heterocycles. The van der Waals surface area contributed by atoms with Gasteiger partial charge in [-0.1, -0.05) is 17.9 Å². The van der Waals surface area contributed by atoms with Gasteiger partial charge >= 0.3 is 5.97 Å². The molecule has 0 unspecified atom stereocenters. The summed E-state index contributed by atoms with van der Waals surface area (Å²) in [5, 5.41) is 0. The number of hydrogen-bond donors (Lipinski definition) is 0. The number of carbonyl (C=O) groups is 1. The highest BCUT2D eigenvalue weighted by Crippen LogP contribution is 1.75. The fraction of sp³-hybridized carbons (Fsp3) is 0.222. The lowest BCUT2D eigenvalue weighted by Crippen LogP contribution is -1.92. The van der Waals surface area contributed by atoms with Gasteiger partial charge in [-0.05, 0) is 19.1 Å². The first kappa shape index (κ1) is 9.51. The summed E-state index contributed by atoms with van der Waals surface area (Å²) in [4.78, 5) is 10.4. The smallest absolute Gasteiger partial charge is 0.331 e. The molecule has 0 aliphatic carbocycles. The van der Waals surface area contributed by atoms with Crippen LogP contribution in [0.3, 0.4) is 0 Å². The zero-order valence-electron chi connectivity index (χ0n) is 6.63. The van der Waals surface area contributed by atoms with Crippen LogP contribution < -0.4 is 0 Å². The molecule has 0 aliphatic rings. The zero-order chi connectivity index (χ0) is 8.53. The maximum Gasteiger partial charge on any atom is 0.331 e. The minimum atomic E-state index is -0.389. The summed E-state index contributed by atoms with van der Waals surface area (Å²) < 4.78 is 4.35. The van der Waals surface area contributed by atoms with Crippen molar-refractivity contribution >= 4 is 5.97 Å². The maximum atomic E-state index is 10.4. The van der Waals surface area contributed by atoms with Crippen molar-refractivity contribution in [3.63, 3.8) is 0 Å². The SMILES string of the molecule is CC=CC#CC=CC(=O)OC. The van der Waals surface area contributed by atoms with Crippen LogP contribution >= 0.6 is 0 Å². The highest BCUT2D eigenvalue weighted by Gasteiger charge is 1.85. The van der Waals surface area contributed by atoms with Crippen LogP contribution in [0.15, 0.2) is 24.3 Å². The largest absolute Gasteiger partial charge is 0.466 e. The molecule has 0 heterocycles. The zero-order valence-corrected chi connectivity index (χ0v) is 6.63. The molecule has 0 spiro atoms. The van der Waals surface area contributed by atoms with Crippen molar-refractivity contribution in [2.24, 2.45) is 0 Å². The van der Waals surface area contributed by atoms with Crippen LogP contribution in [0.4, 0.5) is 0 Å². The number of hydrogen-bond acceptors (Lipinski definition) is 2. The molecule has 0 aliphatic heterocycles. The van der Waals surface area contributed by atoms with Crippen LogP contribution in [0.5, 0.6) is 0 Å². The van der Waals surface area contributed by atoms with Crippen molar-refractivity contribution in [3.8, 4) is 11.8 Å². The summed E-state index contributed by atoms with van der Waals surface area (Å²) in [7, 11) is 1.33. The molecular weight excluding hydrogens is 140 g/mol. The van der Waals surface area contributed by atoms with Crippen LogP contribution in [0, 0.1) is 11.8 Å². The van der Waals surface area contributed by atoms with Crippen molar-refractivity contribution < 1.29 is 9.53 Å². The van der Waals surface area contributed by atoms with Gasteiger partial charge in [-0.3, -0.25) is 0 Å². The highest BCUT2D eigenvalue weighted by atomic mass is 16.5. The summed E-state index contributed by atoms with van der Waals surface area (Å²) in [6, 6.07) is 0. The van der Waals surface area contributed by atoms with Crippen LogP contribution in [-0.2, 0) is 9.53 Å². The molecule has 11 heavy (non-hydrogen) atoms. The van der Waals surface area contributed by atoms with Crippen LogP contribution in [0.25, 0.3) is 0 Å². The summed E-state index contributed by atoms with van der Waals surface area (Å²) in [5.74, 6) is 4.93. The van der Waals surface area contributed by atoms with E-state index in [1.54, 1.807) is 6.08 Å². The molecule has 0 atom stereocenters. The average Bonchev–Trinajstić information content (AvgIpc) is 2.04. The Labute approximate surface area is 66.6 Å². The van der Waals surface area contributed by atoms with E-state index in [1.165, 1.54) is 19.3 Å². The Balaban J connectivity index is 3.79. The van der Waals surface area contributed by atoms with Gasteiger partial charge in [0.1, 0.15) is 0 Å². The minimum Gasteiger partial charge on any atom is -0.466 e. The second-order valence-corrected chi connectivity index (χ2v) is 1.65. The Bertz CT molecular complexity index is 226. The van der Waals surface area contributed by atoms with E-state index in [0.717, 1.165) is 0 Å². The Morgan fingerprint density at radius 3 is 2.55 bits per heavy atom. The fourth-order valence-electron chi connectivity index (χ4n) is 0.357. The molecule has 0 amide bonds. The number of ether oxygens (including phenoxy) is 1.